The van der Waals surface area contributed by atoms with Crippen molar-refractivity contribution in [2.45, 2.75) is 6.54 Å². The second kappa shape index (κ2) is 4.95. The van der Waals surface area contributed by atoms with Gasteiger partial charge in [0.2, 0.25) is 0 Å². The van der Waals surface area contributed by atoms with Crippen molar-refractivity contribution in [3.8, 4) is 11.1 Å². The Kier molecular flexibility index (Phi) is 3.37. The number of hydrogen-bond acceptors (Lipinski definition) is 1. The number of hydrogen-bond donors (Lipinski definition) is 0. The van der Waals surface area contributed by atoms with Gasteiger partial charge >= 0.3 is 0 Å². The molecule has 0 spiro atoms. The molecule has 1 radical (unpaired) electrons. The van der Waals surface area contributed by atoms with Crippen LogP contribution < -0.4 is 0 Å². The first-order valence-electron chi connectivity index (χ1n) is 5.46. The topological polar surface area (TPSA) is 3.24 Å². The van der Waals surface area contributed by atoms with E-state index >= 15 is 0 Å². The van der Waals surface area contributed by atoms with Gasteiger partial charge in [0.05, 0.1) is 0 Å². The first kappa shape index (κ1) is 10.9. The average Bonchev–Trinajstić information content (AvgIpc) is 2.30. The molecule has 0 aliphatic rings. The summed E-state index contributed by atoms with van der Waals surface area (Å²) in [6, 6.07) is 20.1. The fraction of sp³-hybridized carbons (Fsp3) is 0.200. The molecule has 0 unspecified atom stereocenters. The van der Waals surface area contributed by atoms with E-state index in [0.717, 1.165) is 6.54 Å². The molecule has 0 bridgehead atoms. The predicted octanol–water partition coefficient (Wildman–Crippen LogP) is 3.22. The molecule has 2 aromatic rings. The van der Waals surface area contributed by atoms with Crippen LogP contribution in [0.2, 0.25) is 0 Å². The molecule has 1 heteroatoms. The van der Waals surface area contributed by atoms with Crippen LogP contribution in [0.3, 0.4) is 0 Å². The molecule has 0 fully saturated rings. The summed E-state index contributed by atoms with van der Waals surface area (Å²) in [6.07, 6.45) is 0. The van der Waals surface area contributed by atoms with Crippen LogP contribution in [-0.4, -0.2) is 19.0 Å². The Balaban J connectivity index is 2.20. The molecular formula is C15H16N. The summed E-state index contributed by atoms with van der Waals surface area (Å²) in [5.74, 6) is 0. The summed E-state index contributed by atoms with van der Waals surface area (Å²) >= 11 is 0. The van der Waals surface area contributed by atoms with Crippen molar-refractivity contribution < 1.29 is 0 Å². The van der Waals surface area contributed by atoms with Crippen molar-refractivity contribution in [3.63, 3.8) is 0 Å². The third kappa shape index (κ3) is 2.71. The van der Waals surface area contributed by atoms with E-state index in [4.69, 9.17) is 0 Å². The zero-order valence-electron chi connectivity index (χ0n) is 9.77. The Labute approximate surface area is 97.3 Å². The largest absolute Gasteiger partial charge is 0.305 e. The van der Waals surface area contributed by atoms with E-state index in [2.05, 4.69) is 67.5 Å². The normalized spacial score (nSPS) is 10.7. The Hall–Kier alpha value is -1.60. The third-order valence-electron chi connectivity index (χ3n) is 2.47. The van der Waals surface area contributed by atoms with E-state index in [0.29, 0.717) is 0 Å². The highest BCUT2D eigenvalue weighted by Crippen LogP contribution is 2.19. The Morgan fingerprint density at radius 1 is 0.938 bits per heavy atom. The molecule has 1 nitrogen and oxygen atoms in total. The summed E-state index contributed by atoms with van der Waals surface area (Å²) in [5.41, 5.74) is 3.70. The molecule has 0 atom stereocenters. The van der Waals surface area contributed by atoms with Crippen LogP contribution in [0.4, 0.5) is 0 Å². The van der Waals surface area contributed by atoms with Crippen LogP contribution in [0.5, 0.6) is 0 Å². The molecule has 81 valence electrons. The Bertz CT molecular complexity index is 429. The summed E-state index contributed by atoms with van der Waals surface area (Å²) < 4.78 is 0. The van der Waals surface area contributed by atoms with Gasteiger partial charge in [-0.15, -0.1) is 0 Å². The van der Waals surface area contributed by atoms with Crippen molar-refractivity contribution in [2.24, 2.45) is 0 Å². The van der Waals surface area contributed by atoms with E-state index in [1.807, 2.05) is 6.07 Å². The summed E-state index contributed by atoms with van der Waals surface area (Å²) in [6.45, 7) is 0.940. The maximum atomic E-state index is 3.33. The molecule has 0 saturated carbocycles. The minimum atomic E-state index is 0.940. The lowest BCUT2D eigenvalue weighted by Crippen LogP contribution is -2.10. The second-order valence-electron chi connectivity index (χ2n) is 4.21. The van der Waals surface area contributed by atoms with Gasteiger partial charge in [-0.2, -0.15) is 0 Å². The van der Waals surface area contributed by atoms with Gasteiger partial charge < -0.3 is 4.90 Å². The minimum absolute atomic E-state index is 0.940. The Morgan fingerprint density at radius 3 is 2.25 bits per heavy atom. The lowest BCUT2D eigenvalue weighted by molar-refractivity contribution is 0.402. The highest BCUT2D eigenvalue weighted by atomic mass is 15.0. The van der Waals surface area contributed by atoms with Crippen molar-refractivity contribution in [3.05, 3.63) is 60.2 Å². The summed E-state index contributed by atoms with van der Waals surface area (Å²) in [7, 11) is 4.14. The maximum Gasteiger partial charge on any atom is 0.0233 e. The molecule has 2 aromatic carbocycles. The van der Waals surface area contributed by atoms with Gasteiger partial charge in [0.1, 0.15) is 0 Å². The quantitative estimate of drug-likeness (QED) is 0.752. The standard InChI is InChI=1S/C15H16N/c1-16(2)12-13-8-10-15(11-9-13)14-6-4-3-5-7-14/h3-8,10-11H,12H2,1-2H3. The van der Waals surface area contributed by atoms with Crippen molar-refractivity contribution in [1.82, 2.24) is 4.90 Å². The molecule has 0 aliphatic heterocycles. The Morgan fingerprint density at radius 2 is 1.69 bits per heavy atom. The smallest absolute Gasteiger partial charge is 0.0233 e. The zero-order chi connectivity index (χ0) is 11.4. The van der Waals surface area contributed by atoms with Crippen LogP contribution in [-0.2, 0) is 6.54 Å². The van der Waals surface area contributed by atoms with Crippen LogP contribution in [0.1, 0.15) is 5.56 Å². The fourth-order valence-electron chi connectivity index (χ4n) is 1.71. The van der Waals surface area contributed by atoms with E-state index in [-0.39, 0.29) is 0 Å². The van der Waals surface area contributed by atoms with Crippen LogP contribution in [0.15, 0.2) is 48.5 Å². The molecule has 0 aliphatic carbocycles. The van der Waals surface area contributed by atoms with Crippen LogP contribution in [0, 0.1) is 6.07 Å². The number of rotatable bonds is 3. The first-order chi connectivity index (χ1) is 7.75. The van der Waals surface area contributed by atoms with Gasteiger partial charge in [-0.25, -0.2) is 0 Å². The van der Waals surface area contributed by atoms with Gasteiger partial charge in [-0.1, -0.05) is 42.5 Å². The molecular weight excluding hydrogens is 194 g/mol. The van der Waals surface area contributed by atoms with E-state index in [1.165, 1.54) is 16.7 Å². The maximum absolute atomic E-state index is 3.33. The average molecular weight is 210 g/mol. The van der Waals surface area contributed by atoms with E-state index in [9.17, 15) is 0 Å². The molecule has 2 rings (SSSR count). The van der Waals surface area contributed by atoms with Crippen LogP contribution in [0.25, 0.3) is 11.1 Å². The molecule has 0 heterocycles. The summed E-state index contributed by atoms with van der Waals surface area (Å²) in [4.78, 5) is 2.15. The number of nitrogens with zero attached hydrogens (tertiary/aromatic N) is 1. The van der Waals surface area contributed by atoms with Gasteiger partial charge in [-0.3, -0.25) is 0 Å². The lowest BCUT2D eigenvalue weighted by Gasteiger charge is -2.09. The lowest BCUT2D eigenvalue weighted by atomic mass is 10.0. The molecule has 0 amide bonds. The second-order valence-corrected chi connectivity index (χ2v) is 4.21. The van der Waals surface area contributed by atoms with Crippen molar-refractivity contribution >= 4 is 0 Å². The van der Waals surface area contributed by atoms with Gasteiger partial charge in [-0.05, 0) is 42.9 Å². The number of benzene rings is 2. The monoisotopic (exact) mass is 210 g/mol. The fourth-order valence-corrected chi connectivity index (χ4v) is 1.71. The molecule has 16 heavy (non-hydrogen) atoms. The summed E-state index contributed by atoms with van der Waals surface area (Å²) in [5, 5.41) is 0. The molecule has 0 saturated heterocycles. The van der Waals surface area contributed by atoms with Crippen LogP contribution >= 0.6 is 0 Å². The first-order valence-corrected chi connectivity index (χ1v) is 5.46. The SMILES string of the molecule is CN(C)Cc1[c]cc(-c2ccccc2)cc1. The van der Waals surface area contributed by atoms with Gasteiger partial charge in [0, 0.05) is 6.54 Å². The highest BCUT2D eigenvalue weighted by molar-refractivity contribution is 5.63. The highest BCUT2D eigenvalue weighted by Gasteiger charge is 1.98. The zero-order valence-corrected chi connectivity index (χ0v) is 9.77. The van der Waals surface area contributed by atoms with Gasteiger partial charge in [0.15, 0.2) is 0 Å². The third-order valence-corrected chi connectivity index (χ3v) is 2.47. The van der Waals surface area contributed by atoms with Crippen molar-refractivity contribution in [2.75, 3.05) is 14.1 Å². The van der Waals surface area contributed by atoms with Crippen molar-refractivity contribution in [1.29, 1.82) is 0 Å². The molecule has 0 aromatic heterocycles. The van der Waals surface area contributed by atoms with E-state index < -0.39 is 0 Å². The minimum Gasteiger partial charge on any atom is -0.305 e. The van der Waals surface area contributed by atoms with E-state index in [1.54, 1.807) is 0 Å². The predicted molar refractivity (Wildman–Crippen MR) is 68.1 cm³/mol. The van der Waals surface area contributed by atoms with Gasteiger partial charge in [0.25, 0.3) is 0 Å². The molecule has 0 N–H and O–H groups in total.